The molecule has 94 valence electrons. The smallest absolute Gasteiger partial charge is 0.207 e. The fourth-order valence-electron chi connectivity index (χ4n) is 2.31. The predicted octanol–water partition coefficient (Wildman–Crippen LogP) is 2.66. The molecule has 0 saturated carbocycles. The summed E-state index contributed by atoms with van der Waals surface area (Å²) >= 11 is 0. The van der Waals surface area contributed by atoms with Crippen LogP contribution < -0.4 is 14.8 Å². The summed E-state index contributed by atoms with van der Waals surface area (Å²) in [4.78, 5) is 0. The maximum absolute atomic E-state index is 14.0. The lowest BCUT2D eigenvalue weighted by molar-refractivity contribution is 0.334. The van der Waals surface area contributed by atoms with Gasteiger partial charge < -0.3 is 14.8 Å². The van der Waals surface area contributed by atoms with E-state index in [0.29, 0.717) is 5.75 Å². The fraction of sp³-hybridized carbons (Fsp3) is 0.538. The van der Waals surface area contributed by atoms with Gasteiger partial charge in [-0.2, -0.15) is 4.39 Å². The second-order valence-electron chi connectivity index (χ2n) is 4.21. The molecule has 1 unspecified atom stereocenters. The van der Waals surface area contributed by atoms with Crippen LogP contribution in [0.25, 0.3) is 0 Å². The highest BCUT2D eigenvalue weighted by Gasteiger charge is 2.22. The molecule has 1 aliphatic rings. The summed E-state index contributed by atoms with van der Waals surface area (Å²) in [6.45, 7) is 0.974. The molecule has 0 aromatic heterocycles. The van der Waals surface area contributed by atoms with Crippen molar-refractivity contribution in [3.05, 3.63) is 23.5 Å². The van der Waals surface area contributed by atoms with Gasteiger partial charge in [0.25, 0.3) is 0 Å². The topological polar surface area (TPSA) is 30.5 Å². The normalized spacial score (nSPS) is 20.1. The molecule has 0 bridgehead atoms. The van der Waals surface area contributed by atoms with E-state index in [2.05, 4.69) is 5.32 Å². The molecular weight excluding hydrogens is 221 g/mol. The number of piperidine rings is 1. The van der Waals surface area contributed by atoms with Crippen LogP contribution in [0.15, 0.2) is 12.1 Å². The van der Waals surface area contributed by atoms with Crippen molar-refractivity contribution in [3.63, 3.8) is 0 Å². The Balaban J connectivity index is 2.35. The highest BCUT2D eigenvalue weighted by Crippen LogP contribution is 2.36. The molecule has 3 nitrogen and oxygen atoms in total. The molecule has 2 rings (SSSR count). The molecular formula is C13H18FNO2. The summed E-state index contributed by atoms with van der Waals surface area (Å²) in [7, 11) is 2.95. The molecule has 1 aromatic rings. The third kappa shape index (κ3) is 2.36. The first kappa shape index (κ1) is 12.2. The van der Waals surface area contributed by atoms with E-state index in [4.69, 9.17) is 9.47 Å². The molecule has 17 heavy (non-hydrogen) atoms. The third-order valence-electron chi connectivity index (χ3n) is 3.20. The Morgan fingerprint density at radius 2 is 2.06 bits per heavy atom. The van der Waals surface area contributed by atoms with Crippen LogP contribution in [0.5, 0.6) is 11.5 Å². The van der Waals surface area contributed by atoms with Gasteiger partial charge in [0, 0.05) is 11.6 Å². The van der Waals surface area contributed by atoms with Crippen LogP contribution in [0.2, 0.25) is 0 Å². The molecule has 1 aromatic carbocycles. The number of nitrogens with one attached hydrogen (secondary N) is 1. The molecule has 1 aliphatic heterocycles. The quantitative estimate of drug-likeness (QED) is 0.879. The highest BCUT2D eigenvalue weighted by molar-refractivity contribution is 5.44. The van der Waals surface area contributed by atoms with Crippen LogP contribution >= 0.6 is 0 Å². The predicted molar refractivity (Wildman–Crippen MR) is 64.1 cm³/mol. The van der Waals surface area contributed by atoms with Gasteiger partial charge in [-0.25, -0.2) is 0 Å². The lowest BCUT2D eigenvalue weighted by Gasteiger charge is -2.25. The molecule has 0 amide bonds. The number of rotatable bonds is 3. The van der Waals surface area contributed by atoms with E-state index in [1.807, 2.05) is 6.07 Å². The minimum atomic E-state index is -0.417. The first-order valence-electron chi connectivity index (χ1n) is 5.91. The summed E-state index contributed by atoms with van der Waals surface area (Å²) in [5.74, 6) is 0.102. The zero-order chi connectivity index (χ0) is 12.3. The summed E-state index contributed by atoms with van der Waals surface area (Å²) in [6, 6.07) is 3.71. The number of ether oxygens (including phenoxy) is 2. The monoisotopic (exact) mass is 239 g/mol. The Morgan fingerprint density at radius 3 is 2.65 bits per heavy atom. The van der Waals surface area contributed by atoms with Crippen LogP contribution in [-0.2, 0) is 0 Å². The fourth-order valence-corrected chi connectivity index (χ4v) is 2.31. The van der Waals surface area contributed by atoms with Gasteiger partial charge in [-0.1, -0.05) is 6.42 Å². The number of hydrogen-bond acceptors (Lipinski definition) is 3. The average molecular weight is 239 g/mol. The molecule has 1 fully saturated rings. The third-order valence-corrected chi connectivity index (χ3v) is 3.20. The second kappa shape index (κ2) is 5.36. The van der Waals surface area contributed by atoms with Crippen molar-refractivity contribution in [1.29, 1.82) is 0 Å². The van der Waals surface area contributed by atoms with Crippen molar-refractivity contribution in [2.24, 2.45) is 0 Å². The van der Waals surface area contributed by atoms with Gasteiger partial charge >= 0.3 is 0 Å². The molecule has 1 heterocycles. The minimum Gasteiger partial charge on any atom is -0.494 e. The van der Waals surface area contributed by atoms with Gasteiger partial charge in [-0.15, -0.1) is 0 Å². The first-order chi connectivity index (χ1) is 8.27. The van der Waals surface area contributed by atoms with Crippen molar-refractivity contribution >= 4 is 0 Å². The first-order valence-corrected chi connectivity index (χ1v) is 5.91. The van der Waals surface area contributed by atoms with E-state index < -0.39 is 5.82 Å². The maximum Gasteiger partial charge on any atom is 0.207 e. The van der Waals surface area contributed by atoms with Crippen molar-refractivity contribution < 1.29 is 13.9 Å². The summed E-state index contributed by atoms with van der Waals surface area (Å²) in [6.07, 6.45) is 3.36. The van der Waals surface area contributed by atoms with Gasteiger partial charge in [0.2, 0.25) is 5.82 Å². The Kier molecular flexibility index (Phi) is 3.84. The van der Waals surface area contributed by atoms with Gasteiger partial charge in [-0.3, -0.25) is 0 Å². The SMILES string of the molecule is COc1ccc(C2CCCCN2)c(OC)c1F. The van der Waals surface area contributed by atoms with Gasteiger partial charge in [0.1, 0.15) is 0 Å². The Hall–Kier alpha value is -1.29. The lowest BCUT2D eigenvalue weighted by atomic mass is 9.96. The van der Waals surface area contributed by atoms with E-state index in [0.717, 1.165) is 24.9 Å². The van der Waals surface area contributed by atoms with Gasteiger partial charge in [0.15, 0.2) is 11.5 Å². The molecule has 0 aliphatic carbocycles. The maximum atomic E-state index is 14.0. The molecule has 0 radical (unpaired) electrons. The van der Waals surface area contributed by atoms with Crippen LogP contribution in [0, 0.1) is 5.82 Å². The Morgan fingerprint density at radius 1 is 1.24 bits per heavy atom. The molecule has 1 atom stereocenters. The van der Waals surface area contributed by atoms with Crippen LogP contribution in [0.1, 0.15) is 30.9 Å². The van der Waals surface area contributed by atoms with E-state index in [1.165, 1.54) is 20.6 Å². The summed E-state index contributed by atoms with van der Waals surface area (Å²) < 4.78 is 24.1. The lowest BCUT2D eigenvalue weighted by Crippen LogP contribution is -2.27. The van der Waals surface area contributed by atoms with Crippen LogP contribution in [0.4, 0.5) is 4.39 Å². The van der Waals surface area contributed by atoms with Crippen LogP contribution in [-0.4, -0.2) is 20.8 Å². The van der Waals surface area contributed by atoms with Gasteiger partial charge in [0.05, 0.1) is 14.2 Å². The van der Waals surface area contributed by atoms with E-state index in [1.54, 1.807) is 6.07 Å². The second-order valence-corrected chi connectivity index (χ2v) is 4.21. The van der Waals surface area contributed by atoms with Crippen molar-refractivity contribution in [2.45, 2.75) is 25.3 Å². The molecule has 0 spiro atoms. The number of methoxy groups -OCH3 is 2. The summed E-state index contributed by atoms with van der Waals surface area (Å²) in [5.41, 5.74) is 0.880. The highest BCUT2D eigenvalue weighted by atomic mass is 19.1. The van der Waals surface area contributed by atoms with E-state index >= 15 is 0 Å². The van der Waals surface area contributed by atoms with Crippen molar-refractivity contribution in [3.8, 4) is 11.5 Å². The summed E-state index contributed by atoms with van der Waals surface area (Å²) in [5, 5.41) is 3.39. The molecule has 1 saturated heterocycles. The van der Waals surface area contributed by atoms with Crippen molar-refractivity contribution in [2.75, 3.05) is 20.8 Å². The zero-order valence-corrected chi connectivity index (χ0v) is 10.3. The number of benzene rings is 1. The minimum absolute atomic E-state index is 0.180. The largest absolute Gasteiger partial charge is 0.494 e. The Bertz CT molecular complexity index is 389. The Labute approximate surface area is 101 Å². The van der Waals surface area contributed by atoms with Crippen LogP contribution in [0.3, 0.4) is 0 Å². The van der Waals surface area contributed by atoms with Gasteiger partial charge in [-0.05, 0) is 31.5 Å². The standard InChI is InChI=1S/C13H18FNO2/c1-16-11-7-6-9(13(17-2)12(11)14)10-5-3-4-8-15-10/h6-7,10,15H,3-5,8H2,1-2H3. The van der Waals surface area contributed by atoms with E-state index in [9.17, 15) is 4.39 Å². The van der Waals surface area contributed by atoms with Crippen molar-refractivity contribution in [1.82, 2.24) is 5.32 Å². The molecule has 4 heteroatoms. The molecule has 1 N–H and O–H groups in total. The van der Waals surface area contributed by atoms with E-state index in [-0.39, 0.29) is 11.8 Å². The number of hydrogen-bond donors (Lipinski definition) is 1. The zero-order valence-electron chi connectivity index (χ0n) is 10.3. The average Bonchev–Trinajstić information content (AvgIpc) is 2.39. The number of halogens is 1.